The Balaban J connectivity index is 2.84. The van der Waals surface area contributed by atoms with Crippen molar-refractivity contribution in [2.24, 2.45) is 5.41 Å². The van der Waals surface area contributed by atoms with Gasteiger partial charge in [-0.1, -0.05) is 20.8 Å². The molecule has 3 nitrogen and oxygen atoms in total. The lowest BCUT2D eigenvalue weighted by Gasteiger charge is -2.50. The Morgan fingerprint density at radius 3 is 1.83 bits per heavy atom. The van der Waals surface area contributed by atoms with Crippen molar-refractivity contribution in [3.05, 3.63) is 0 Å². The molecule has 0 aliphatic carbocycles. The van der Waals surface area contributed by atoms with Gasteiger partial charge in [-0.05, 0) is 34.6 Å². The van der Waals surface area contributed by atoms with Crippen LogP contribution in [0.2, 0.25) is 0 Å². The second kappa shape index (κ2) is 4.84. The molecule has 106 valence electrons. The minimum atomic E-state index is -0.280. The summed E-state index contributed by atoms with van der Waals surface area (Å²) in [6.45, 7) is 18.9. The van der Waals surface area contributed by atoms with Crippen molar-refractivity contribution in [3.8, 4) is 0 Å². The van der Waals surface area contributed by atoms with E-state index in [1.165, 1.54) is 0 Å². The van der Waals surface area contributed by atoms with Crippen LogP contribution >= 0.6 is 0 Å². The molecule has 0 radical (unpaired) electrons. The second-order valence-electron chi connectivity index (χ2n) is 7.73. The Hall–Kier alpha value is -0.570. The second-order valence-corrected chi connectivity index (χ2v) is 7.73. The van der Waals surface area contributed by atoms with E-state index in [0.29, 0.717) is 12.1 Å². The van der Waals surface area contributed by atoms with Crippen LogP contribution in [0.25, 0.3) is 0 Å². The largest absolute Gasteiger partial charge is 0.337 e. The number of carbonyl (C=O) groups is 1. The molecule has 0 aromatic carbocycles. The zero-order valence-electron chi connectivity index (χ0n) is 13.4. The highest BCUT2D eigenvalue weighted by Crippen LogP contribution is 2.27. The number of amides is 1. The maximum Gasteiger partial charge on any atom is 0.228 e. The zero-order valence-corrected chi connectivity index (χ0v) is 13.4. The number of nitrogens with zero attached hydrogens (tertiary/aromatic N) is 2. The van der Waals surface area contributed by atoms with E-state index in [1.807, 2.05) is 20.8 Å². The first-order valence-corrected chi connectivity index (χ1v) is 7.02. The van der Waals surface area contributed by atoms with Crippen molar-refractivity contribution in [3.63, 3.8) is 0 Å². The monoisotopic (exact) mass is 254 g/mol. The van der Waals surface area contributed by atoms with Crippen molar-refractivity contribution in [1.82, 2.24) is 9.80 Å². The molecule has 0 N–H and O–H groups in total. The lowest BCUT2D eigenvalue weighted by molar-refractivity contribution is -0.147. The van der Waals surface area contributed by atoms with Crippen molar-refractivity contribution in [1.29, 1.82) is 0 Å². The summed E-state index contributed by atoms with van der Waals surface area (Å²) in [5.41, 5.74) is -0.109. The van der Waals surface area contributed by atoms with Gasteiger partial charge in [0.1, 0.15) is 0 Å². The standard InChI is InChI=1S/C15H30N2O/c1-11-10-17(15(6,7)8)12(2)9-16(11)13(18)14(3,4)5/h11-12H,9-10H2,1-8H3. The van der Waals surface area contributed by atoms with E-state index in [-0.39, 0.29) is 16.9 Å². The minimum absolute atomic E-state index is 0.171. The van der Waals surface area contributed by atoms with Crippen LogP contribution in [0, 0.1) is 5.41 Å². The van der Waals surface area contributed by atoms with E-state index in [4.69, 9.17) is 0 Å². The summed E-state index contributed by atoms with van der Waals surface area (Å²) in [6, 6.07) is 0.722. The fourth-order valence-corrected chi connectivity index (χ4v) is 2.78. The van der Waals surface area contributed by atoms with Gasteiger partial charge in [-0.3, -0.25) is 9.69 Å². The molecule has 1 rings (SSSR count). The summed E-state index contributed by atoms with van der Waals surface area (Å²) in [6.07, 6.45) is 0. The van der Waals surface area contributed by atoms with Gasteiger partial charge in [0.15, 0.2) is 0 Å². The average molecular weight is 254 g/mol. The maximum atomic E-state index is 12.4. The summed E-state index contributed by atoms with van der Waals surface area (Å²) in [4.78, 5) is 17.0. The van der Waals surface area contributed by atoms with E-state index >= 15 is 0 Å². The molecule has 1 saturated heterocycles. The molecule has 18 heavy (non-hydrogen) atoms. The molecule has 0 aromatic heterocycles. The molecule has 1 amide bonds. The summed E-state index contributed by atoms with van der Waals surface area (Å²) in [5.74, 6) is 0.274. The van der Waals surface area contributed by atoms with Gasteiger partial charge in [0.2, 0.25) is 5.91 Å². The highest BCUT2D eigenvalue weighted by Gasteiger charge is 2.39. The van der Waals surface area contributed by atoms with Gasteiger partial charge >= 0.3 is 0 Å². The first-order chi connectivity index (χ1) is 7.94. The molecular weight excluding hydrogens is 224 g/mol. The fourth-order valence-electron chi connectivity index (χ4n) is 2.78. The Morgan fingerprint density at radius 1 is 0.944 bits per heavy atom. The zero-order chi connectivity index (χ0) is 14.3. The van der Waals surface area contributed by atoms with Crippen LogP contribution in [0.3, 0.4) is 0 Å². The Morgan fingerprint density at radius 2 is 1.44 bits per heavy atom. The van der Waals surface area contributed by atoms with Crippen LogP contribution in [0.15, 0.2) is 0 Å². The first kappa shape index (κ1) is 15.5. The number of rotatable bonds is 0. The molecule has 0 saturated carbocycles. The average Bonchev–Trinajstić information content (AvgIpc) is 2.16. The number of hydrogen-bond acceptors (Lipinski definition) is 2. The van der Waals surface area contributed by atoms with E-state index in [0.717, 1.165) is 13.1 Å². The number of hydrogen-bond donors (Lipinski definition) is 0. The Labute approximate surface area is 113 Å². The van der Waals surface area contributed by atoms with E-state index in [1.54, 1.807) is 0 Å². The lowest BCUT2D eigenvalue weighted by Crippen LogP contribution is -2.63. The SMILES string of the molecule is CC1CN(C(C)(C)C)C(C)CN1C(=O)C(C)(C)C. The Bertz CT molecular complexity index is 311. The lowest BCUT2D eigenvalue weighted by atomic mass is 9.91. The molecule has 1 aliphatic heterocycles. The van der Waals surface area contributed by atoms with Gasteiger partial charge in [0.25, 0.3) is 0 Å². The molecule has 0 aromatic rings. The van der Waals surface area contributed by atoms with E-state index in [2.05, 4.69) is 44.4 Å². The molecule has 1 aliphatic rings. The van der Waals surface area contributed by atoms with Crippen molar-refractivity contribution in [2.75, 3.05) is 13.1 Å². The maximum absolute atomic E-state index is 12.4. The fraction of sp³-hybridized carbons (Fsp3) is 0.933. The predicted molar refractivity (Wildman–Crippen MR) is 76.6 cm³/mol. The summed E-state index contributed by atoms with van der Waals surface area (Å²) >= 11 is 0. The van der Waals surface area contributed by atoms with Crippen LogP contribution < -0.4 is 0 Å². The summed E-state index contributed by atoms with van der Waals surface area (Å²) in [7, 11) is 0. The molecule has 1 fully saturated rings. The predicted octanol–water partition coefficient (Wildman–Crippen LogP) is 2.75. The van der Waals surface area contributed by atoms with Crippen LogP contribution in [-0.4, -0.2) is 46.4 Å². The molecule has 0 spiro atoms. The Kier molecular flexibility index (Phi) is 4.16. The molecule has 0 bridgehead atoms. The third-order valence-corrected chi connectivity index (χ3v) is 3.75. The molecule has 2 unspecified atom stereocenters. The minimum Gasteiger partial charge on any atom is -0.337 e. The highest BCUT2D eigenvalue weighted by atomic mass is 16.2. The number of carbonyl (C=O) groups excluding carboxylic acids is 1. The van der Waals surface area contributed by atoms with Crippen LogP contribution in [0.4, 0.5) is 0 Å². The van der Waals surface area contributed by atoms with E-state index in [9.17, 15) is 4.79 Å². The van der Waals surface area contributed by atoms with Gasteiger partial charge in [0.05, 0.1) is 0 Å². The normalized spacial score (nSPS) is 27.4. The van der Waals surface area contributed by atoms with Crippen molar-refractivity contribution >= 4 is 5.91 Å². The topological polar surface area (TPSA) is 23.6 Å². The van der Waals surface area contributed by atoms with Gasteiger partial charge in [-0.25, -0.2) is 0 Å². The first-order valence-electron chi connectivity index (χ1n) is 7.02. The highest BCUT2D eigenvalue weighted by molar-refractivity contribution is 5.82. The van der Waals surface area contributed by atoms with Gasteiger partial charge in [-0.15, -0.1) is 0 Å². The third kappa shape index (κ3) is 3.25. The van der Waals surface area contributed by atoms with Gasteiger partial charge < -0.3 is 4.90 Å². The van der Waals surface area contributed by atoms with E-state index < -0.39 is 0 Å². The van der Waals surface area contributed by atoms with Crippen LogP contribution in [-0.2, 0) is 4.79 Å². The molecule has 1 heterocycles. The summed E-state index contributed by atoms with van der Waals surface area (Å²) < 4.78 is 0. The molecule has 3 heteroatoms. The van der Waals surface area contributed by atoms with Crippen molar-refractivity contribution < 1.29 is 4.79 Å². The quantitative estimate of drug-likeness (QED) is 0.663. The third-order valence-electron chi connectivity index (χ3n) is 3.75. The van der Waals surface area contributed by atoms with Crippen LogP contribution in [0.1, 0.15) is 55.4 Å². The smallest absolute Gasteiger partial charge is 0.228 e. The number of piperazine rings is 1. The van der Waals surface area contributed by atoms with Gasteiger partial charge in [-0.2, -0.15) is 0 Å². The van der Waals surface area contributed by atoms with Crippen LogP contribution in [0.5, 0.6) is 0 Å². The summed E-state index contributed by atoms with van der Waals surface area (Å²) in [5, 5.41) is 0. The molecule has 2 atom stereocenters. The molecular formula is C15H30N2O. The van der Waals surface area contributed by atoms with Crippen molar-refractivity contribution in [2.45, 2.75) is 73.0 Å². The van der Waals surface area contributed by atoms with Gasteiger partial charge in [0, 0.05) is 36.1 Å².